The molecule has 1 aromatic rings. The van der Waals surface area contributed by atoms with Crippen LogP contribution < -0.4 is 5.32 Å². The van der Waals surface area contributed by atoms with Crippen molar-refractivity contribution in [1.29, 1.82) is 0 Å². The molecular weight excluding hydrogens is 262 g/mol. The highest BCUT2D eigenvalue weighted by Gasteiger charge is 2.10. The minimum Gasteiger partial charge on any atom is -0.384 e. The molecule has 104 valence electrons. The summed E-state index contributed by atoms with van der Waals surface area (Å²) in [7, 11) is 0. The van der Waals surface area contributed by atoms with E-state index >= 15 is 0 Å². The van der Waals surface area contributed by atoms with Crippen molar-refractivity contribution < 1.29 is 14.6 Å². The van der Waals surface area contributed by atoms with Crippen LogP contribution in [-0.4, -0.2) is 37.4 Å². The van der Waals surface area contributed by atoms with Crippen molar-refractivity contribution in [3.63, 3.8) is 0 Å². The Morgan fingerprint density at radius 1 is 1.53 bits per heavy atom. The third kappa shape index (κ3) is 5.88. The van der Waals surface area contributed by atoms with Gasteiger partial charge in [0.25, 0.3) is 5.91 Å². The van der Waals surface area contributed by atoms with Crippen molar-refractivity contribution in [3.8, 4) is 11.8 Å². The Balaban J connectivity index is 2.35. The molecule has 0 aliphatic heterocycles. The lowest BCUT2D eigenvalue weighted by Crippen LogP contribution is -2.25. The molecule has 0 saturated carbocycles. The zero-order valence-corrected chi connectivity index (χ0v) is 11.9. The lowest BCUT2D eigenvalue weighted by atomic mass is 10.2. The molecule has 0 saturated heterocycles. The van der Waals surface area contributed by atoms with Gasteiger partial charge in [-0.25, -0.2) is 0 Å². The van der Waals surface area contributed by atoms with Crippen LogP contribution in [0.25, 0.3) is 0 Å². The molecule has 19 heavy (non-hydrogen) atoms. The van der Waals surface area contributed by atoms with Crippen LogP contribution in [0.4, 0.5) is 0 Å². The summed E-state index contributed by atoms with van der Waals surface area (Å²) >= 11 is 1.35. The quantitative estimate of drug-likeness (QED) is 0.590. The van der Waals surface area contributed by atoms with Crippen molar-refractivity contribution in [2.45, 2.75) is 19.8 Å². The number of aliphatic hydroxyl groups excluding tert-OH is 1. The molecule has 0 aliphatic rings. The van der Waals surface area contributed by atoms with Crippen LogP contribution in [0.15, 0.2) is 11.4 Å². The minimum atomic E-state index is -0.203. The van der Waals surface area contributed by atoms with Gasteiger partial charge in [0.05, 0.1) is 0 Å². The highest BCUT2D eigenvalue weighted by Crippen LogP contribution is 2.15. The number of ether oxygens (including phenoxy) is 1. The van der Waals surface area contributed by atoms with E-state index in [1.54, 1.807) is 6.07 Å². The van der Waals surface area contributed by atoms with Gasteiger partial charge in [0.15, 0.2) is 0 Å². The molecular formula is C14H19NO3S. The molecule has 0 atom stereocenters. The first-order chi connectivity index (χ1) is 9.29. The van der Waals surface area contributed by atoms with Crippen molar-refractivity contribution in [2.75, 3.05) is 26.4 Å². The summed E-state index contributed by atoms with van der Waals surface area (Å²) in [5.41, 5.74) is 0.666. The van der Waals surface area contributed by atoms with Gasteiger partial charge in [0.2, 0.25) is 0 Å². The van der Waals surface area contributed by atoms with Crippen LogP contribution in [0.2, 0.25) is 0 Å². The fourth-order valence-electron chi connectivity index (χ4n) is 1.42. The predicted molar refractivity (Wildman–Crippen MR) is 76.3 cm³/mol. The molecule has 1 aromatic heterocycles. The van der Waals surface area contributed by atoms with E-state index in [-0.39, 0.29) is 12.5 Å². The first-order valence-corrected chi connectivity index (χ1v) is 7.20. The molecule has 2 N–H and O–H groups in total. The van der Waals surface area contributed by atoms with Gasteiger partial charge < -0.3 is 15.2 Å². The smallest absolute Gasteiger partial charge is 0.262 e. The van der Waals surface area contributed by atoms with Gasteiger partial charge in [0, 0.05) is 25.3 Å². The largest absolute Gasteiger partial charge is 0.384 e. The fraction of sp³-hybridized carbons (Fsp3) is 0.500. The van der Waals surface area contributed by atoms with Crippen LogP contribution in [0.3, 0.4) is 0 Å². The van der Waals surface area contributed by atoms with Gasteiger partial charge in [-0.3, -0.25) is 4.79 Å². The van der Waals surface area contributed by atoms with Crippen LogP contribution in [-0.2, 0) is 4.74 Å². The molecule has 0 aromatic carbocycles. The van der Waals surface area contributed by atoms with E-state index < -0.39 is 0 Å². The van der Waals surface area contributed by atoms with Crippen molar-refractivity contribution in [3.05, 3.63) is 21.9 Å². The van der Waals surface area contributed by atoms with Gasteiger partial charge in [0.1, 0.15) is 11.5 Å². The Labute approximate surface area is 117 Å². The average Bonchev–Trinajstić information content (AvgIpc) is 2.88. The second-order valence-corrected chi connectivity index (χ2v) is 4.76. The number of hydrogen-bond acceptors (Lipinski definition) is 4. The second-order valence-electron chi connectivity index (χ2n) is 3.85. The van der Waals surface area contributed by atoms with Crippen molar-refractivity contribution in [2.24, 2.45) is 0 Å². The van der Waals surface area contributed by atoms with Gasteiger partial charge in [-0.05, 0) is 24.3 Å². The summed E-state index contributed by atoms with van der Waals surface area (Å²) in [5.74, 6) is 5.20. The molecule has 0 radical (unpaired) electrons. The normalized spacial score (nSPS) is 9.79. The monoisotopic (exact) mass is 281 g/mol. The van der Waals surface area contributed by atoms with Crippen molar-refractivity contribution >= 4 is 17.2 Å². The first-order valence-electron chi connectivity index (χ1n) is 6.32. The molecule has 0 bridgehead atoms. The average molecular weight is 281 g/mol. The Hall–Kier alpha value is -1.35. The molecule has 5 heteroatoms. The van der Waals surface area contributed by atoms with E-state index in [9.17, 15) is 4.79 Å². The van der Waals surface area contributed by atoms with Gasteiger partial charge in [-0.15, -0.1) is 11.3 Å². The summed E-state index contributed by atoms with van der Waals surface area (Å²) in [6.07, 6.45) is 1.81. The van der Waals surface area contributed by atoms with Gasteiger partial charge >= 0.3 is 0 Å². The standard InChI is InChI=1S/C14H19NO3S/c1-2-9-18-10-4-7-15-14(17)13-12(5-3-8-16)6-11-19-13/h6,11,16H,2,4,7-10H2,1H3,(H,15,17). The maximum atomic E-state index is 11.9. The van der Waals surface area contributed by atoms with E-state index in [1.807, 2.05) is 5.38 Å². The molecule has 1 heterocycles. The zero-order valence-electron chi connectivity index (χ0n) is 11.1. The maximum absolute atomic E-state index is 11.9. The second kappa shape index (κ2) is 9.56. The molecule has 1 rings (SSSR count). The number of carbonyl (C=O) groups is 1. The summed E-state index contributed by atoms with van der Waals surface area (Å²) in [6, 6.07) is 1.78. The number of carbonyl (C=O) groups excluding carboxylic acids is 1. The summed E-state index contributed by atoms with van der Waals surface area (Å²) in [6.45, 7) is 3.88. The molecule has 0 aliphatic carbocycles. The summed E-state index contributed by atoms with van der Waals surface area (Å²) in [5, 5.41) is 13.3. The van der Waals surface area contributed by atoms with E-state index in [2.05, 4.69) is 24.1 Å². The highest BCUT2D eigenvalue weighted by atomic mass is 32.1. The lowest BCUT2D eigenvalue weighted by Gasteiger charge is -2.04. The summed E-state index contributed by atoms with van der Waals surface area (Å²) in [4.78, 5) is 12.5. The minimum absolute atomic E-state index is 0.118. The first kappa shape index (κ1) is 15.7. The van der Waals surface area contributed by atoms with Gasteiger partial charge in [-0.1, -0.05) is 18.8 Å². The number of rotatable bonds is 7. The van der Waals surface area contributed by atoms with Crippen LogP contribution >= 0.6 is 11.3 Å². The van der Waals surface area contributed by atoms with Crippen LogP contribution in [0.1, 0.15) is 35.0 Å². The fourth-order valence-corrected chi connectivity index (χ4v) is 2.19. The number of nitrogens with one attached hydrogen (secondary N) is 1. The van der Waals surface area contributed by atoms with E-state index in [1.165, 1.54) is 11.3 Å². The van der Waals surface area contributed by atoms with E-state index in [0.717, 1.165) is 19.4 Å². The molecule has 0 spiro atoms. The van der Waals surface area contributed by atoms with Crippen molar-refractivity contribution in [1.82, 2.24) is 5.32 Å². The number of thiophene rings is 1. The van der Waals surface area contributed by atoms with E-state index in [4.69, 9.17) is 9.84 Å². The maximum Gasteiger partial charge on any atom is 0.262 e. The molecule has 1 amide bonds. The van der Waals surface area contributed by atoms with E-state index in [0.29, 0.717) is 23.6 Å². The lowest BCUT2D eigenvalue weighted by molar-refractivity contribution is 0.0945. The van der Waals surface area contributed by atoms with Crippen LogP contribution in [0, 0.1) is 11.8 Å². The summed E-state index contributed by atoms with van der Waals surface area (Å²) < 4.78 is 5.33. The number of hydrogen-bond donors (Lipinski definition) is 2. The third-order valence-corrected chi connectivity index (χ3v) is 3.19. The zero-order chi connectivity index (χ0) is 13.9. The molecule has 0 unspecified atom stereocenters. The Kier molecular flexibility index (Phi) is 7.91. The Morgan fingerprint density at radius 3 is 3.11 bits per heavy atom. The Bertz CT molecular complexity index is 445. The van der Waals surface area contributed by atoms with Crippen LogP contribution in [0.5, 0.6) is 0 Å². The Morgan fingerprint density at radius 2 is 2.37 bits per heavy atom. The number of aliphatic hydroxyl groups is 1. The van der Waals surface area contributed by atoms with Gasteiger partial charge in [-0.2, -0.15) is 0 Å². The number of amides is 1. The molecule has 4 nitrogen and oxygen atoms in total. The third-order valence-electron chi connectivity index (χ3n) is 2.27. The highest BCUT2D eigenvalue weighted by molar-refractivity contribution is 7.12. The predicted octanol–water partition coefficient (Wildman–Crippen LogP) is 1.64. The topological polar surface area (TPSA) is 58.6 Å². The SMILES string of the molecule is CCCOCCCNC(=O)c1sccc1C#CCO. The molecule has 0 fully saturated rings.